The molecule has 2 aliphatic rings. The molecule has 4 aromatic carbocycles. The average Bonchev–Trinajstić information content (AvgIpc) is 3.47. The molecule has 4 aromatic rings. The van der Waals surface area contributed by atoms with E-state index in [1.54, 1.807) is 33.3 Å². The number of hydrogen-bond acceptors (Lipinski definition) is 11. The lowest BCUT2D eigenvalue weighted by atomic mass is 9.85. The van der Waals surface area contributed by atoms with E-state index in [0.29, 0.717) is 40.7 Å². The van der Waals surface area contributed by atoms with Crippen molar-refractivity contribution in [2.45, 2.75) is 70.9 Å². The van der Waals surface area contributed by atoms with Gasteiger partial charge in [0, 0.05) is 5.56 Å². The van der Waals surface area contributed by atoms with Gasteiger partial charge in [0.15, 0.2) is 41.3 Å². The molecule has 1 fully saturated rings. The summed E-state index contributed by atoms with van der Waals surface area (Å²) in [5.74, 6) is 3.40. The Kier molecular flexibility index (Phi) is 11.4. The molecule has 0 radical (unpaired) electrons. The van der Waals surface area contributed by atoms with Crippen molar-refractivity contribution in [2.24, 2.45) is 11.8 Å². The Labute approximate surface area is 304 Å². The fraction of sp³-hybridized carbons (Fsp3) is 0.415. The van der Waals surface area contributed by atoms with Crippen LogP contribution in [0.1, 0.15) is 79.9 Å². The van der Waals surface area contributed by atoms with Crippen LogP contribution in [0, 0.1) is 11.8 Å². The lowest BCUT2D eigenvalue weighted by molar-refractivity contribution is -0.0167. The third-order valence-corrected chi connectivity index (χ3v) is 10.2. The number of rotatable bonds is 13. The highest BCUT2D eigenvalue weighted by Crippen LogP contribution is 2.51. The first kappa shape index (κ1) is 37.1. The number of aromatic hydroxyl groups is 1. The summed E-state index contributed by atoms with van der Waals surface area (Å²) in [6, 6.07) is 21.7. The molecule has 6 rings (SSSR count). The second kappa shape index (κ2) is 15.9. The van der Waals surface area contributed by atoms with E-state index in [2.05, 4.69) is 13.8 Å². The van der Waals surface area contributed by atoms with Gasteiger partial charge in [-0.2, -0.15) is 0 Å². The number of methoxy groups -OCH3 is 3. The van der Waals surface area contributed by atoms with Gasteiger partial charge in [-0.25, -0.2) is 0 Å². The molecule has 8 atom stereocenters. The molecule has 52 heavy (non-hydrogen) atoms. The topological polar surface area (TPSA) is 135 Å². The molecule has 11 nitrogen and oxygen atoms in total. The van der Waals surface area contributed by atoms with E-state index >= 15 is 0 Å². The lowest BCUT2D eigenvalue weighted by Gasteiger charge is -2.25. The minimum Gasteiger partial charge on any atom is -0.504 e. The zero-order valence-electron chi connectivity index (χ0n) is 30.6. The standard InChI is InChI=1S/C41H48O11/c1-22-23(2)41(29-11-15-34(37(19-29)47-7)51-25(4)39(44)27-8-12-31(42)35(17-27)45-5)52-40(22)28-10-14-33(36(18-28)46-6)50-24(3)38(43)26-9-13-32-30(16-26)20-48-21-49-32/h8-19,22-25,38-44H,20-21H2,1-7H3. The van der Waals surface area contributed by atoms with Crippen LogP contribution in [-0.4, -0.2) is 55.6 Å². The van der Waals surface area contributed by atoms with Crippen molar-refractivity contribution in [2.75, 3.05) is 28.1 Å². The Hall–Kier alpha value is -4.68. The fourth-order valence-corrected chi connectivity index (χ4v) is 6.88. The van der Waals surface area contributed by atoms with Crippen molar-refractivity contribution in [1.82, 2.24) is 0 Å². The number of benzene rings is 4. The molecular formula is C41H48O11. The molecule has 0 aliphatic carbocycles. The third-order valence-electron chi connectivity index (χ3n) is 10.2. The number of aliphatic hydroxyl groups excluding tert-OH is 2. The number of hydrogen-bond donors (Lipinski definition) is 3. The zero-order chi connectivity index (χ0) is 37.1. The molecule has 3 N–H and O–H groups in total. The SMILES string of the molecule is COc1cc(C(O)C(C)Oc2ccc(C3OC(c4ccc(OC(C)C(O)c5ccc6c(c5)COCO6)c(OC)c4)C(C)C3C)cc2OC)ccc1O. The summed E-state index contributed by atoms with van der Waals surface area (Å²) in [5.41, 5.74) is 4.04. The van der Waals surface area contributed by atoms with Gasteiger partial charge < -0.3 is 53.2 Å². The summed E-state index contributed by atoms with van der Waals surface area (Å²) in [4.78, 5) is 0. The molecule has 278 valence electrons. The molecule has 0 spiro atoms. The zero-order valence-corrected chi connectivity index (χ0v) is 30.6. The number of fused-ring (bicyclic) bond motifs is 1. The van der Waals surface area contributed by atoms with Crippen molar-refractivity contribution < 1.29 is 53.2 Å². The van der Waals surface area contributed by atoms with Crippen LogP contribution in [-0.2, 0) is 16.1 Å². The van der Waals surface area contributed by atoms with Crippen molar-refractivity contribution in [1.29, 1.82) is 0 Å². The number of phenols is 1. The molecule has 0 amide bonds. The molecule has 0 saturated carbocycles. The van der Waals surface area contributed by atoms with Crippen LogP contribution in [0.3, 0.4) is 0 Å². The molecule has 2 heterocycles. The second-order valence-corrected chi connectivity index (χ2v) is 13.5. The highest BCUT2D eigenvalue weighted by atomic mass is 16.7. The Morgan fingerprint density at radius 2 is 1.15 bits per heavy atom. The molecule has 11 heteroatoms. The van der Waals surface area contributed by atoms with Gasteiger partial charge in [-0.1, -0.05) is 38.1 Å². The van der Waals surface area contributed by atoms with Crippen molar-refractivity contribution in [3.63, 3.8) is 0 Å². The van der Waals surface area contributed by atoms with Gasteiger partial charge in [-0.15, -0.1) is 0 Å². The minimum absolute atomic E-state index is 0.00912. The van der Waals surface area contributed by atoms with Crippen molar-refractivity contribution >= 4 is 0 Å². The first-order chi connectivity index (χ1) is 25.0. The van der Waals surface area contributed by atoms with Crippen LogP contribution < -0.4 is 28.4 Å². The molecule has 0 bridgehead atoms. The monoisotopic (exact) mass is 716 g/mol. The second-order valence-electron chi connectivity index (χ2n) is 13.5. The maximum atomic E-state index is 11.1. The van der Waals surface area contributed by atoms with E-state index in [1.165, 1.54) is 13.2 Å². The highest BCUT2D eigenvalue weighted by molar-refractivity contribution is 5.47. The van der Waals surface area contributed by atoms with E-state index in [9.17, 15) is 15.3 Å². The first-order valence-corrected chi connectivity index (χ1v) is 17.4. The maximum absolute atomic E-state index is 11.1. The Balaban J connectivity index is 1.14. The summed E-state index contributed by atoms with van der Waals surface area (Å²) in [6.07, 6.45) is -3.52. The summed E-state index contributed by atoms with van der Waals surface area (Å²) in [6.45, 7) is 8.58. The predicted molar refractivity (Wildman–Crippen MR) is 192 cm³/mol. The largest absolute Gasteiger partial charge is 0.504 e. The van der Waals surface area contributed by atoms with Crippen LogP contribution in [0.2, 0.25) is 0 Å². The van der Waals surface area contributed by atoms with Gasteiger partial charge in [-0.05, 0) is 96.5 Å². The summed E-state index contributed by atoms with van der Waals surface area (Å²) in [7, 11) is 4.63. The Bertz CT molecular complexity index is 1840. The number of ether oxygens (including phenoxy) is 8. The number of aliphatic hydroxyl groups is 2. The molecular weight excluding hydrogens is 668 g/mol. The van der Waals surface area contributed by atoms with Crippen LogP contribution in [0.5, 0.6) is 40.2 Å². The van der Waals surface area contributed by atoms with Gasteiger partial charge in [0.25, 0.3) is 0 Å². The normalized spacial score (nSPS) is 21.9. The van der Waals surface area contributed by atoms with Gasteiger partial charge in [0.05, 0.1) is 40.1 Å². The molecule has 2 aliphatic heterocycles. The molecule has 0 aromatic heterocycles. The average molecular weight is 717 g/mol. The lowest BCUT2D eigenvalue weighted by Crippen LogP contribution is -2.22. The van der Waals surface area contributed by atoms with Crippen molar-refractivity contribution in [3.8, 4) is 40.2 Å². The van der Waals surface area contributed by atoms with E-state index in [1.807, 2.05) is 61.5 Å². The first-order valence-electron chi connectivity index (χ1n) is 17.4. The van der Waals surface area contributed by atoms with Crippen molar-refractivity contribution in [3.05, 3.63) is 101 Å². The number of phenolic OH excluding ortho intramolecular Hbond substituents is 1. The van der Waals surface area contributed by atoms with E-state index < -0.39 is 24.4 Å². The Morgan fingerprint density at radius 3 is 1.69 bits per heavy atom. The smallest absolute Gasteiger partial charge is 0.189 e. The third kappa shape index (κ3) is 7.59. The van der Waals surface area contributed by atoms with Crippen LogP contribution in [0.4, 0.5) is 0 Å². The van der Waals surface area contributed by atoms with Crippen LogP contribution in [0.25, 0.3) is 0 Å². The molecule has 1 saturated heterocycles. The van der Waals surface area contributed by atoms with E-state index in [0.717, 1.165) is 22.4 Å². The predicted octanol–water partition coefficient (Wildman–Crippen LogP) is 7.37. The van der Waals surface area contributed by atoms with Crippen LogP contribution >= 0.6 is 0 Å². The van der Waals surface area contributed by atoms with Crippen LogP contribution in [0.15, 0.2) is 72.8 Å². The Morgan fingerprint density at radius 1 is 0.635 bits per heavy atom. The fourth-order valence-electron chi connectivity index (χ4n) is 6.88. The summed E-state index contributed by atoms with van der Waals surface area (Å²) < 4.78 is 46.7. The minimum atomic E-state index is -0.985. The van der Waals surface area contributed by atoms with E-state index in [-0.39, 0.29) is 42.3 Å². The summed E-state index contributed by atoms with van der Waals surface area (Å²) in [5, 5.41) is 32.1. The van der Waals surface area contributed by atoms with Gasteiger partial charge >= 0.3 is 0 Å². The molecule has 8 unspecified atom stereocenters. The van der Waals surface area contributed by atoms with Gasteiger partial charge in [0.1, 0.15) is 30.2 Å². The summed E-state index contributed by atoms with van der Waals surface area (Å²) >= 11 is 0. The van der Waals surface area contributed by atoms with E-state index in [4.69, 9.17) is 37.9 Å². The van der Waals surface area contributed by atoms with Gasteiger partial charge in [-0.3, -0.25) is 0 Å². The quantitative estimate of drug-likeness (QED) is 0.128. The maximum Gasteiger partial charge on any atom is 0.189 e. The van der Waals surface area contributed by atoms with Gasteiger partial charge in [0.2, 0.25) is 0 Å². The highest BCUT2D eigenvalue weighted by Gasteiger charge is 2.41.